The van der Waals surface area contributed by atoms with Crippen molar-refractivity contribution in [2.75, 3.05) is 12.3 Å². The molecule has 0 radical (unpaired) electrons. The Morgan fingerprint density at radius 2 is 1.67 bits per heavy atom. The fourth-order valence-electron chi connectivity index (χ4n) is 3.27. The van der Waals surface area contributed by atoms with Gasteiger partial charge in [-0.05, 0) is 34.9 Å². The minimum absolute atomic E-state index is 0.147. The van der Waals surface area contributed by atoms with Gasteiger partial charge in [0.25, 0.3) is 0 Å². The van der Waals surface area contributed by atoms with E-state index in [2.05, 4.69) is 5.32 Å². The summed E-state index contributed by atoms with van der Waals surface area (Å²) in [6, 6.07) is 25.2. The van der Waals surface area contributed by atoms with E-state index in [1.807, 2.05) is 72.8 Å². The molecule has 1 aliphatic heterocycles. The molecule has 1 aliphatic rings. The predicted octanol–water partition coefficient (Wildman–Crippen LogP) is 4.72. The zero-order chi connectivity index (χ0) is 20.9. The van der Waals surface area contributed by atoms with Crippen LogP contribution in [0, 0.1) is 0 Å². The summed E-state index contributed by atoms with van der Waals surface area (Å²) >= 11 is 7.68. The average Bonchev–Trinajstić information content (AvgIpc) is 3.29. The first-order chi connectivity index (χ1) is 14.6. The molecule has 3 aromatic carbocycles. The summed E-state index contributed by atoms with van der Waals surface area (Å²) in [4.78, 5) is 13.5. The second-order valence-corrected chi connectivity index (χ2v) is 9.85. The van der Waals surface area contributed by atoms with Gasteiger partial charge < -0.3 is 5.32 Å². The number of nitrogens with one attached hydrogen (secondary N) is 1. The van der Waals surface area contributed by atoms with Crippen molar-refractivity contribution in [3.05, 3.63) is 89.4 Å². The topological polar surface area (TPSA) is 49.4 Å². The number of carbonyl (C=O) groups excluding carboxylic acids is 1. The summed E-state index contributed by atoms with van der Waals surface area (Å²) in [7, 11) is -1.40. The number of hydrogen-bond donors (Lipinski definition) is 1. The van der Waals surface area contributed by atoms with Crippen LogP contribution in [-0.4, -0.2) is 32.1 Å². The van der Waals surface area contributed by atoms with Crippen LogP contribution in [0.15, 0.2) is 83.8 Å². The first kappa shape index (κ1) is 21.1. The molecule has 30 heavy (non-hydrogen) atoms. The first-order valence-corrected chi connectivity index (χ1v) is 12.1. The van der Waals surface area contributed by atoms with E-state index in [1.54, 1.807) is 10.4 Å². The van der Waals surface area contributed by atoms with Crippen molar-refractivity contribution in [3.8, 4) is 11.1 Å². The largest absolute Gasteiger partial charge is 0.350 e. The monoisotopic (exact) mass is 456 g/mol. The zero-order valence-corrected chi connectivity index (χ0v) is 18.6. The molecule has 3 aromatic rings. The number of hydrogen-bond acceptors (Lipinski definition) is 3. The molecule has 0 spiro atoms. The summed E-state index contributed by atoms with van der Waals surface area (Å²) in [5.41, 5.74) is 3.05. The van der Waals surface area contributed by atoms with E-state index in [0.717, 1.165) is 22.4 Å². The van der Waals surface area contributed by atoms with Gasteiger partial charge in [-0.25, -0.2) is 4.21 Å². The van der Waals surface area contributed by atoms with Gasteiger partial charge in [0.1, 0.15) is 16.4 Å². The Balaban J connectivity index is 1.43. The molecule has 0 bridgehead atoms. The van der Waals surface area contributed by atoms with Gasteiger partial charge in [0.2, 0.25) is 5.91 Å². The number of benzene rings is 3. The lowest BCUT2D eigenvalue weighted by atomic mass is 10.1. The SMILES string of the molecule is O=C(NCc1ccccc1Cl)C1SCCN1S(=O)c1ccc(-c2ccccc2)cc1. The van der Waals surface area contributed by atoms with Crippen LogP contribution in [0.25, 0.3) is 11.1 Å². The second kappa shape index (κ2) is 9.79. The highest BCUT2D eigenvalue weighted by atomic mass is 35.5. The number of thioether (sulfide) groups is 1. The molecule has 0 saturated carbocycles. The second-order valence-electron chi connectivity index (χ2n) is 6.81. The van der Waals surface area contributed by atoms with Crippen LogP contribution in [-0.2, 0) is 22.3 Å². The fraction of sp³-hybridized carbons (Fsp3) is 0.174. The molecular formula is C23H21ClN2O2S2. The van der Waals surface area contributed by atoms with Crippen LogP contribution in [0.1, 0.15) is 5.56 Å². The molecule has 1 amide bonds. The van der Waals surface area contributed by atoms with E-state index in [9.17, 15) is 9.00 Å². The molecule has 1 fully saturated rings. The van der Waals surface area contributed by atoms with E-state index in [0.29, 0.717) is 23.0 Å². The maximum absolute atomic E-state index is 13.2. The standard InChI is InChI=1S/C23H21ClN2O2S2/c24-21-9-5-4-8-19(21)16-25-22(27)23-26(14-15-29-23)30(28)20-12-10-18(11-13-20)17-6-2-1-3-7-17/h1-13,23H,14-16H2,(H,25,27). The Morgan fingerprint density at radius 3 is 2.40 bits per heavy atom. The van der Waals surface area contributed by atoms with E-state index >= 15 is 0 Å². The van der Waals surface area contributed by atoms with Gasteiger partial charge in [-0.3, -0.25) is 4.79 Å². The van der Waals surface area contributed by atoms with Crippen molar-refractivity contribution in [1.82, 2.24) is 9.62 Å². The lowest BCUT2D eigenvalue weighted by Crippen LogP contribution is -2.42. The molecule has 154 valence electrons. The molecule has 2 unspecified atom stereocenters. The van der Waals surface area contributed by atoms with E-state index in [4.69, 9.17) is 11.6 Å². The highest BCUT2D eigenvalue weighted by Crippen LogP contribution is 2.29. The molecule has 1 heterocycles. The Hall–Kier alpha value is -2.12. The lowest BCUT2D eigenvalue weighted by Gasteiger charge is -2.22. The summed E-state index contributed by atoms with van der Waals surface area (Å²) in [5, 5.41) is 3.07. The van der Waals surface area contributed by atoms with Crippen molar-refractivity contribution >= 4 is 40.3 Å². The summed E-state index contributed by atoms with van der Waals surface area (Å²) in [6.07, 6.45) is 0. The minimum atomic E-state index is -1.40. The third-order valence-corrected chi connectivity index (χ3v) is 8.06. The normalized spacial score (nSPS) is 17.6. The lowest BCUT2D eigenvalue weighted by molar-refractivity contribution is -0.122. The van der Waals surface area contributed by atoms with Crippen LogP contribution in [0.2, 0.25) is 5.02 Å². The first-order valence-electron chi connectivity index (χ1n) is 9.60. The number of carbonyl (C=O) groups is 1. The molecule has 0 aromatic heterocycles. The quantitative estimate of drug-likeness (QED) is 0.583. The summed E-state index contributed by atoms with van der Waals surface area (Å²) in [5.74, 6) is 0.615. The molecular weight excluding hydrogens is 436 g/mol. The van der Waals surface area contributed by atoms with Crippen molar-refractivity contribution in [3.63, 3.8) is 0 Å². The van der Waals surface area contributed by atoms with E-state index < -0.39 is 16.4 Å². The number of halogens is 1. The third-order valence-electron chi connectivity index (χ3n) is 4.86. The molecule has 4 nitrogen and oxygen atoms in total. The third kappa shape index (κ3) is 4.78. The Kier molecular flexibility index (Phi) is 6.89. The van der Waals surface area contributed by atoms with Gasteiger partial charge in [0.15, 0.2) is 0 Å². The van der Waals surface area contributed by atoms with Crippen LogP contribution in [0.4, 0.5) is 0 Å². The summed E-state index contributed by atoms with van der Waals surface area (Å²) in [6.45, 7) is 0.948. The molecule has 1 saturated heterocycles. The predicted molar refractivity (Wildman–Crippen MR) is 125 cm³/mol. The van der Waals surface area contributed by atoms with Crippen LogP contribution < -0.4 is 5.32 Å². The minimum Gasteiger partial charge on any atom is -0.350 e. The zero-order valence-electron chi connectivity index (χ0n) is 16.2. The summed E-state index contributed by atoms with van der Waals surface area (Å²) < 4.78 is 14.9. The number of amides is 1. The number of nitrogens with zero attached hydrogens (tertiary/aromatic N) is 1. The molecule has 2 atom stereocenters. The molecule has 7 heteroatoms. The van der Waals surface area contributed by atoms with Gasteiger partial charge in [-0.15, -0.1) is 11.8 Å². The molecule has 1 N–H and O–H groups in total. The Bertz CT molecular complexity index is 1040. The molecule has 0 aliphatic carbocycles. The molecule has 4 rings (SSSR count). The van der Waals surface area contributed by atoms with Crippen LogP contribution >= 0.6 is 23.4 Å². The highest BCUT2D eigenvalue weighted by molar-refractivity contribution is 8.01. The average molecular weight is 457 g/mol. The maximum atomic E-state index is 13.2. The maximum Gasteiger partial charge on any atom is 0.248 e. The van der Waals surface area contributed by atoms with Gasteiger partial charge in [-0.1, -0.05) is 72.3 Å². The van der Waals surface area contributed by atoms with Crippen molar-refractivity contribution in [2.24, 2.45) is 0 Å². The number of rotatable bonds is 6. The van der Waals surface area contributed by atoms with Crippen molar-refractivity contribution in [2.45, 2.75) is 16.8 Å². The van der Waals surface area contributed by atoms with Gasteiger partial charge >= 0.3 is 0 Å². The van der Waals surface area contributed by atoms with Gasteiger partial charge in [0, 0.05) is 23.9 Å². The smallest absolute Gasteiger partial charge is 0.248 e. The Morgan fingerprint density at radius 1 is 1.00 bits per heavy atom. The fourth-order valence-corrected chi connectivity index (χ4v) is 6.21. The van der Waals surface area contributed by atoms with Crippen molar-refractivity contribution in [1.29, 1.82) is 0 Å². The Labute approximate surface area is 188 Å². The van der Waals surface area contributed by atoms with Crippen LogP contribution in [0.5, 0.6) is 0 Å². The van der Waals surface area contributed by atoms with E-state index in [1.165, 1.54) is 11.8 Å². The van der Waals surface area contributed by atoms with Gasteiger partial charge in [-0.2, -0.15) is 4.31 Å². The van der Waals surface area contributed by atoms with Crippen LogP contribution in [0.3, 0.4) is 0 Å². The van der Waals surface area contributed by atoms with Crippen molar-refractivity contribution < 1.29 is 9.00 Å². The van der Waals surface area contributed by atoms with E-state index in [-0.39, 0.29) is 5.91 Å². The highest BCUT2D eigenvalue weighted by Gasteiger charge is 2.35. The van der Waals surface area contributed by atoms with Gasteiger partial charge in [0.05, 0.1) is 4.90 Å².